The van der Waals surface area contributed by atoms with Crippen LogP contribution in [0.5, 0.6) is 0 Å². The Hall–Kier alpha value is -3.17. The summed E-state index contributed by atoms with van der Waals surface area (Å²) < 4.78 is 28.6. The number of hydrogen-bond donors (Lipinski definition) is 0. The molecule has 0 aliphatic rings. The van der Waals surface area contributed by atoms with Crippen molar-refractivity contribution in [3.63, 3.8) is 0 Å². The molecule has 0 amide bonds. The van der Waals surface area contributed by atoms with Crippen LogP contribution in [0.1, 0.15) is 42.0 Å². The second-order valence-corrected chi connectivity index (χ2v) is 6.11. The van der Waals surface area contributed by atoms with Gasteiger partial charge in [0.2, 0.25) is 0 Å². The Morgan fingerprint density at radius 1 is 0.885 bits per heavy atom. The molecule has 0 atom stereocenters. The molecule has 26 heavy (non-hydrogen) atoms. The van der Waals surface area contributed by atoms with Gasteiger partial charge in [-0.2, -0.15) is 5.26 Å². The highest BCUT2D eigenvalue weighted by Gasteiger charge is 2.08. The van der Waals surface area contributed by atoms with Crippen LogP contribution in [0, 0.1) is 34.8 Å². The Labute approximate surface area is 151 Å². The second kappa shape index (κ2) is 7.81. The highest BCUT2D eigenvalue weighted by Crippen LogP contribution is 2.23. The first-order valence-electron chi connectivity index (χ1n) is 8.55. The fraction of sp³-hybridized carbons (Fsp3) is 0.174. The molecule has 0 saturated heterocycles. The first-order valence-corrected chi connectivity index (χ1v) is 8.55. The van der Waals surface area contributed by atoms with E-state index in [1.54, 1.807) is 30.3 Å². The van der Waals surface area contributed by atoms with Gasteiger partial charge in [0.25, 0.3) is 0 Å². The second-order valence-electron chi connectivity index (χ2n) is 6.11. The summed E-state index contributed by atoms with van der Waals surface area (Å²) in [7, 11) is 0. The summed E-state index contributed by atoms with van der Waals surface area (Å²) in [4.78, 5) is 0. The van der Waals surface area contributed by atoms with E-state index in [1.165, 1.54) is 12.1 Å². The molecule has 0 bridgehead atoms. The monoisotopic (exact) mass is 345 g/mol. The lowest BCUT2D eigenvalue weighted by atomic mass is 10.0. The summed E-state index contributed by atoms with van der Waals surface area (Å²) in [5.74, 6) is 4.87. The molecule has 0 unspecified atom stereocenters. The Morgan fingerprint density at radius 3 is 2.38 bits per heavy atom. The molecule has 3 rings (SSSR count). The maximum Gasteiger partial charge on any atom is 0.148 e. The molecule has 3 aromatic rings. The molecule has 0 heterocycles. The molecule has 0 N–H and O–H groups in total. The van der Waals surface area contributed by atoms with Crippen LogP contribution in [0.2, 0.25) is 0 Å². The zero-order chi connectivity index (χ0) is 18.5. The summed E-state index contributed by atoms with van der Waals surface area (Å²) in [6.07, 6.45) is 2.94. The zero-order valence-electron chi connectivity index (χ0n) is 14.4. The number of halogens is 2. The number of rotatable bonds is 3. The van der Waals surface area contributed by atoms with Crippen molar-refractivity contribution in [1.82, 2.24) is 0 Å². The van der Waals surface area contributed by atoms with Crippen molar-refractivity contribution >= 4 is 10.8 Å². The molecular formula is C23H17F2N. The molecular weight excluding hydrogens is 328 g/mol. The van der Waals surface area contributed by atoms with E-state index in [-0.39, 0.29) is 11.4 Å². The SMILES string of the molecule is CCCCc1ccc(C#Cc2cccc3c(F)c(C#N)ccc23)c(F)c1. The van der Waals surface area contributed by atoms with E-state index in [9.17, 15) is 8.78 Å². The fourth-order valence-corrected chi connectivity index (χ4v) is 2.85. The number of nitrogens with zero attached hydrogens (tertiary/aromatic N) is 1. The third-order valence-corrected chi connectivity index (χ3v) is 4.30. The van der Waals surface area contributed by atoms with Crippen molar-refractivity contribution in [1.29, 1.82) is 5.26 Å². The third-order valence-electron chi connectivity index (χ3n) is 4.30. The average Bonchev–Trinajstić information content (AvgIpc) is 2.66. The van der Waals surface area contributed by atoms with E-state index >= 15 is 0 Å². The molecule has 0 spiro atoms. The molecule has 128 valence electrons. The topological polar surface area (TPSA) is 23.8 Å². The first kappa shape index (κ1) is 17.6. The summed E-state index contributed by atoms with van der Waals surface area (Å²) in [6, 6.07) is 15.1. The lowest BCUT2D eigenvalue weighted by Gasteiger charge is -2.04. The molecule has 0 aliphatic carbocycles. The number of hydrogen-bond acceptors (Lipinski definition) is 1. The maximum atomic E-state index is 14.3. The number of fused-ring (bicyclic) bond motifs is 1. The van der Waals surface area contributed by atoms with Crippen molar-refractivity contribution in [2.75, 3.05) is 0 Å². The van der Waals surface area contributed by atoms with Crippen LogP contribution in [0.15, 0.2) is 48.5 Å². The van der Waals surface area contributed by atoms with Crippen LogP contribution in [-0.4, -0.2) is 0 Å². The van der Waals surface area contributed by atoms with Gasteiger partial charge in [0.15, 0.2) is 0 Å². The van der Waals surface area contributed by atoms with E-state index < -0.39 is 5.82 Å². The summed E-state index contributed by atoms with van der Waals surface area (Å²) in [5.41, 5.74) is 1.87. The summed E-state index contributed by atoms with van der Waals surface area (Å²) >= 11 is 0. The lowest BCUT2D eigenvalue weighted by Crippen LogP contribution is -1.91. The molecule has 3 aromatic carbocycles. The van der Waals surface area contributed by atoms with Gasteiger partial charge in [0.1, 0.15) is 17.7 Å². The summed E-state index contributed by atoms with van der Waals surface area (Å²) in [6.45, 7) is 2.10. The Kier molecular flexibility index (Phi) is 5.30. The zero-order valence-corrected chi connectivity index (χ0v) is 14.4. The van der Waals surface area contributed by atoms with Crippen molar-refractivity contribution in [3.8, 4) is 17.9 Å². The Balaban J connectivity index is 1.98. The van der Waals surface area contributed by atoms with Gasteiger partial charge in [-0.05, 0) is 42.7 Å². The van der Waals surface area contributed by atoms with E-state index in [0.29, 0.717) is 21.9 Å². The quantitative estimate of drug-likeness (QED) is 0.556. The highest BCUT2D eigenvalue weighted by molar-refractivity contribution is 5.90. The van der Waals surface area contributed by atoms with Crippen LogP contribution in [0.25, 0.3) is 10.8 Å². The van der Waals surface area contributed by atoms with Gasteiger partial charge in [-0.15, -0.1) is 0 Å². The number of aryl methyl sites for hydroxylation is 1. The van der Waals surface area contributed by atoms with E-state index in [0.717, 1.165) is 24.8 Å². The normalized spacial score (nSPS) is 10.2. The van der Waals surface area contributed by atoms with Crippen molar-refractivity contribution in [2.24, 2.45) is 0 Å². The molecule has 0 aliphatic heterocycles. The smallest absolute Gasteiger partial charge is 0.148 e. The number of unbranched alkanes of at least 4 members (excludes halogenated alkanes) is 1. The van der Waals surface area contributed by atoms with E-state index in [2.05, 4.69) is 18.8 Å². The van der Waals surface area contributed by atoms with Crippen molar-refractivity contribution in [3.05, 3.63) is 82.4 Å². The summed E-state index contributed by atoms with van der Waals surface area (Å²) in [5, 5.41) is 9.89. The van der Waals surface area contributed by atoms with Crippen LogP contribution < -0.4 is 0 Å². The first-order chi connectivity index (χ1) is 12.6. The van der Waals surface area contributed by atoms with Crippen LogP contribution in [0.4, 0.5) is 8.78 Å². The molecule has 3 heteroatoms. The Morgan fingerprint density at radius 2 is 1.65 bits per heavy atom. The fourth-order valence-electron chi connectivity index (χ4n) is 2.85. The van der Waals surface area contributed by atoms with Gasteiger partial charge in [-0.25, -0.2) is 8.78 Å². The molecule has 0 fully saturated rings. The molecule has 1 nitrogen and oxygen atoms in total. The predicted molar refractivity (Wildman–Crippen MR) is 99.6 cm³/mol. The minimum atomic E-state index is -0.555. The standard InChI is InChI=1S/C23H17F2N/c1-2-3-5-16-8-9-18(22(24)14-16)11-10-17-6-4-7-21-20(17)13-12-19(15-26)23(21)25/h4,6-9,12-14H,2-3,5H2,1H3. The predicted octanol–water partition coefficient (Wildman–Crippen LogP) is 5.73. The third kappa shape index (κ3) is 3.58. The van der Waals surface area contributed by atoms with Gasteiger partial charge < -0.3 is 0 Å². The lowest BCUT2D eigenvalue weighted by molar-refractivity contribution is 0.620. The maximum absolute atomic E-state index is 14.3. The molecule has 0 saturated carbocycles. The van der Waals surface area contributed by atoms with Gasteiger partial charge in [-0.3, -0.25) is 0 Å². The van der Waals surface area contributed by atoms with Gasteiger partial charge in [0.05, 0.1) is 11.1 Å². The largest absolute Gasteiger partial charge is 0.206 e. The highest BCUT2D eigenvalue weighted by atomic mass is 19.1. The van der Waals surface area contributed by atoms with E-state index in [4.69, 9.17) is 5.26 Å². The van der Waals surface area contributed by atoms with Crippen LogP contribution >= 0.6 is 0 Å². The minimum absolute atomic E-state index is 0.00341. The number of nitriles is 1. The van der Waals surface area contributed by atoms with Gasteiger partial charge in [0, 0.05) is 16.3 Å². The minimum Gasteiger partial charge on any atom is -0.206 e. The average molecular weight is 345 g/mol. The van der Waals surface area contributed by atoms with Crippen molar-refractivity contribution in [2.45, 2.75) is 26.2 Å². The van der Waals surface area contributed by atoms with Crippen LogP contribution in [-0.2, 0) is 6.42 Å². The van der Waals surface area contributed by atoms with Gasteiger partial charge >= 0.3 is 0 Å². The van der Waals surface area contributed by atoms with Gasteiger partial charge in [-0.1, -0.05) is 49.5 Å². The van der Waals surface area contributed by atoms with E-state index in [1.807, 2.05) is 12.1 Å². The van der Waals surface area contributed by atoms with Crippen molar-refractivity contribution < 1.29 is 8.78 Å². The molecule has 0 aromatic heterocycles. The molecule has 0 radical (unpaired) electrons. The number of benzene rings is 3. The Bertz CT molecular complexity index is 1070. The van der Waals surface area contributed by atoms with Crippen LogP contribution in [0.3, 0.4) is 0 Å².